The van der Waals surface area contributed by atoms with Crippen LogP contribution in [0.5, 0.6) is 5.75 Å². The highest BCUT2D eigenvalue weighted by Gasteiger charge is 2.19. The second kappa shape index (κ2) is 8.43. The van der Waals surface area contributed by atoms with E-state index in [-0.39, 0.29) is 24.5 Å². The van der Waals surface area contributed by atoms with Crippen LogP contribution in [0.25, 0.3) is 0 Å². The Bertz CT molecular complexity index is 967. The number of aromatic nitrogens is 1. The van der Waals surface area contributed by atoms with E-state index >= 15 is 0 Å². The first kappa shape index (κ1) is 19.2. The molecule has 0 amide bonds. The molecule has 8 heteroatoms. The molecule has 8 nitrogen and oxygen atoms in total. The molecule has 1 aromatic carbocycles. The Morgan fingerprint density at radius 3 is 2.57 bits per heavy atom. The SMILES string of the molecule is COC(=O)c1occc1COC(=O)c1ccccc1OCc1c(C)noc1C. The quantitative estimate of drug-likeness (QED) is 0.569. The molecular weight excluding hydrogens is 366 g/mol. The van der Waals surface area contributed by atoms with Crippen molar-refractivity contribution in [3.05, 3.63) is 70.5 Å². The first-order valence-electron chi connectivity index (χ1n) is 8.46. The van der Waals surface area contributed by atoms with E-state index in [1.807, 2.05) is 6.92 Å². The molecule has 0 aliphatic rings. The van der Waals surface area contributed by atoms with Gasteiger partial charge in [0.05, 0.1) is 24.6 Å². The third kappa shape index (κ3) is 4.06. The zero-order valence-corrected chi connectivity index (χ0v) is 15.7. The fraction of sp³-hybridized carbons (Fsp3) is 0.250. The normalized spacial score (nSPS) is 10.5. The van der Waals surface area contributed by atoms with Gasteiger partial charge >= 0.3 is 11.9 Å². The summed E-state index contributed by atoms with van der Waals surface area (Å²) in [7, 11) is 1.24. The van der Waals surface area contributed by atoms with Gasteiger partial charge in [0, 0.05) is 5.56 Å². The number of nitrogens with zero attached hydrogens (tertiary/aromatic N) is 1. The fourth-order valence-electron chi connectivity index (χ4n) is 2.56. The van der Waals surface area contributed by atoms with Gasteiger partial charge in [0.15, 0.2) is 0 Å². The van der Waals surface area contributed by atoms with Gasteiger partial charge in [-0.1, -0.05) is 17.3 Å². The highest BCUT2D eigenvalue weighted by Crippen LogP contribution is 2.23. The molecule has 146 valence electrons. The minimum Gasteiger partial charge on any atom is -0.488 e. The Morgan fingerprint density at radius 1 is 1.07 bits per heavy atom. The summed E-state index contributed by atoms with van der Waals surface area (Å²) in [6, 6.07) is 8.27. The molecule has 0 aliphatic heterocycles. The molecule has 0 unspecified atom stereocenters. The van der Waals surface area contributed by atoms with Crippen molar-refractivity contribution in [1.29, 1.82) is 0 Å². The number of hydrogen-bond donors (Lipinski definition) is 0. The summed E-state index contributed by atoms with van der Waals surface area (Å²) < 4.78 is 25.9. The lowest BCUT2D eigenvalue weighted by molar-refractivity contribution is 0.0449. The van der Waals surface area contributed by atoms with Crippen LogP contribution < -0.4 is 4.74 Å². The van der Waals surface area contributed by atoms with Gasteiger partial charge in [-0.2, -0.15) is 0 Å². The van der Waals surface area contributed by atoms with Crippen LogP contribution in [0, 0.1) is 13.8 Å². The molecule has 3 rings (SSSR count). The maximum absolute atomic E-state index is 12.5. The maximum atomic E-state index is 12.5. The van der Waals surface area contributed by atoms with E-state index < -0.39 is 11.9 Å². The van der Waals surface area contributed by atoms with Crippen LogP contribution in [0.15, 0.2) is 45.5 Å². The number of hydrogen-bond acceptors (Lipinski definition) is 8. The van der Waals surface area contributed by atoms with E-state index in [1.54, 1.807) is 37.3 Å². The molecule has 0 saturated heterocycles. The van der Waals surface area contributed by atoms with Crippen molar-refractivity contribution in [3.63, 3.8) is 0 Å². The lowest BCUT2D eigenvalue weighted by Crippen LogP contribution is -2.10. The molecule has 0 aliphatic carbocycles. The van der Waals surface area contributed by atoms with E-state index in [1.165, 1.54) is 13.4 Å². The first-order chi connectivity index (χ1) is 13.5. The number of benzene rings is 1. The van der Waals surface area contributed by atoms with Crippen LogP contribution in [0.1, 0.15) is 43.5 Å². The van der Waals surface area contributed by atoms with Gasteiger partial charge < -0.3 is 23.2 Å². The van der Waals surface area contributed by atoms with Crippen LogP contribution in [-0.4, -0.2) is 24.2 Å². The minimum atomic E-state index is -0.640. The Kier molecular flexibility index (Phi) is 5.78. The molecule has 2 heterocycles. The number of methoxy groups -OCH3 is 1. The first-order valence-corrected chi connectivity index (χ1v) is 8.46. The van der Waals surface area contributed by atoms with Crippen LogP contribution in [0.2, 0.25) is 0 Å². The molecule has 0 atom stereocenters. The van der Waals surface area contributed by atoms with Crippen molar-refractivity contribution in [3.8, 4) is 5.75 Å². The van der Waals surface area contributed by atoms with Gasteiger partial charge in [-0.25, -0.2) is 9.59 Å². The molecular formula is C20H19NO7. The Morgan fingerprint density at radius 2 is 1.86 bits per heavy atom. The number of aryl methyl sites for hydroxylation is 2. The summed E-state index contributed by atoms with van der Waals surface area (Å²) in [6.07, 6.45) is 1.33. The predicted molar refractivity (Wildman–Crippen MR) is 95.9 cm³/mol. The number of esters is 2. The van der Waals surface area contributed by atoms with Gasteiger partial charge in [-0.15, -0.1) is 0 Å². The number of para-hydroxylation sites is 1. The largest absolute Gasteiger partial charge is 0.488 e. The zero-order chi connectivity index (χ0) is 20.1. The average Bonchev–Trinajstić information content (AvgIpc) is 3.30. The fourth-order valence-corrected chi connectivity index (χ4v) is 2.56. The summed E-state index contributed by atoms with van der Waals surface area (Å²) in [5, 5.41) is 3.88. The topological polar surface area (TPSA) is 101 Å². The van der Waals surface area contributed by atoms with Crippen molar-refractivity contribution >= 4 is 11.9 Å². The summed E-state index contributed by atoms with van der Waals surface area (Å²) in [6.45, 7) is 3.68. The second-order valence-electron chi connectivity index (χ2n) is 5.93. The molecule has 0 saturated carbocycles. The van der Waals surface area contributed by atoms with Gasteiger partial charge in [-0.3, -0.25) is 0 Å². The van der Waals surface area contributed by atoms with E-state index in [2.05, 4.69) is 9.89 Å². The Labute approximate surface area is 161 Å². The summed E-state index contributed by atoms with van der Waals surface area (Å²) in [5.41, 5.74) is 2.23. The standard InChI is InChI=1S/C20H19NO7/c1-12-16(13(2)28-21-12)11-26-17-7-5-4-6-15(17)19(22)27-10-14-8-9-25-18(14)20(23)24-3/h4-9H,10-11H2,1-3H3. The maximum Gasteiger partial charge on any atom is 0.374 e. The highest BCUT2D eigenvalue weighted by atomic mass is 16.5. The molecule has 0 bridgehead atoms. The Balaban J connectivity index is 1.69. The number of carbonyl (C=O) groups excluding carboxylic acids is 2. The lowest BCUT2D eigenvalue weighted by atomic mass is 10.2. The van der Waals surface area contributed by atoms with E-state index in [4.69, 9.17) is 18.4 Å². The van der Waals surface area contributed by atoms with E-state index in [0.717, 1.165) is 11.3 Å². The van der Waals surface area contributed by atoms with Crippen molar-refractivity contribution in [1.82, 2.24) is 5.16 Å². The zero-order valence-electron chi connectivity index (χ0n) is 15.7. The molecule has 0 fully saturated rings. The van der Waals surface area contributed by atoms with Crippen LogP contribution in [0.4, 0.5) is 0 Å². The summed E-state index contributed by atoms with van der Waals surface area (Å²) in [4.78, 5) is 24.2. The van der Waals surface area contributed by atoms with E-state index in [0.29, 0.717) is 17.1 Å². The summed E-state index contributed by atoms with van der Waals surface area (Å²) in [5.74, 6) is -0.204. The predicted octanol–water partition coefficient (Wildman–Crippen LogP) is 3.61. The average molecular weight is 385 g/mol. The number of furan rings is 1. The number of ether oxygens (including phenoxy) is 3. The van der Waals surface area contributed by atoms with Gasteiger partial charge in [0.2, 0.25) is 5.76 Å². The highest BCUT2D eigenvalue weighted by molar-refractivity contribution is 5.92. The molecule has 3 aromatic rings. The van der Waals surface area contributed by atoms with Crippen LogP contribution in [0.3, 0.4) is 0 Å². The lowest BCUT2D eigenvalue weighted by Gasteiger charge is -2.11. The molecule has 0 spiro atoms. The molecule has 28 heavy (non-hydrogen) atoms. The van der Waals surface area contributed by atoms with Gasteiger partial charge in [0.1, 0.15) is 30.3 Å². The van der Waals surface area contributed by atoms with Gasteiger partial charge in [-0.05, 0) is 32.0 Å². The van der Waals surface area contributed by atoms with Crippen molar-refractivity contribution < 1.29 is 32.7 Å². The summed E-state index contributed by atoms with van der Waals surface area (Å²) >= 11 is 0. The van der Waals surface area contributed by atoms with Crippen LogP contribution in [-0.2, 0) is 22.7 Å². The second-order valence-corrected chi connectivity index (χ2v) is 5.93. The monoisotopic (exact) mass is 385 g/mol. The minimum absolute atomic E-state index is 0.00163. The third-order valence-corrected chi connectivity index (χ3v) is 4.14. The Hall–Kier alpha value is -3.55. The van der Waals surface area contributed by atoms with E-state index in [9.17, 15) is 9.59 Å². The van der Waals surface area contributed by atoms with Gasteiger partial charge in [0.25, 0.3) is 0 Å². The van der Waals surface area contributed by atoms with Crippen molar-refractivity contribution in [2.45, 2.75) is 27.1 Å². The third-order valence-electron chi connectivity index (χ3n) is 4.14. The van der Waals surface area contributed by atoms with Crippen molar-refractivity contribution in [2.75, 3.05) is 7.11 Å². The smallest absolute Gasteiger partial charge is 0.374 e. The molecule has 0 N–H and O–H groups in total. The van der Waals surface area contributed by atoms with Crippen LogP contribution >= 0.6 is 0 Å². The van der Waals surface area contributed by atoms with Crippen molar-refractivity contribution in [2.24, 2.45) is 0 Å². The molecule has 2 aromatic heterocycles. The molecule has 0 radical (unpaired) electrons. The number of rotatable bonds is 7. The number of carbonyl (C=O) groups is 2.